The standard InChI is InChI=1S/C19H26FN3O3/c1-26-18-4-2-14(12-16(18)20)17(24)3-5-19(25)23-9-6-15(13-23)22-10-7-21-8-11-22/h2,4,12,15,21H,3,5-11,13H2,1H3. The third kappa shape index (κ3) is 4.40. The lowest BCUT2D eigenvalue weighted by atomic mass is 10.1. The van der Waals surface area contributed by atoms with Crippen LogP contribution in [0.15, 0.2) is 18.2 Å². The number of rotatable bonds is 6. The van der Waals surface area contributed by atoms with E-state index in [-0.39, 0.29) is 35.8 Å². The van der Waals surface area contributed by atoms with Crippen LogP contribution in [0, 0.1) is 5.82 Å². The molecular weight excluding hydrogens is 337 g/mol. The molecule has 1 aromatic rings. The maximum Gasteiger partial charge on any atom is 0.223 e. The number of nitrogens with zero attached hydrogens (tertiary/aromatic N) is 2. The molecule has 0 aromatic heterocycles. The number of hydrogen-bond acceptors (Lipinski definition) is 5. The number of likely N-dealkylation sites (tertiary alicyclic amines) is 1. The minimum Gasteiger partial charge on any atom is -0.494 e. The van der Waals surface area contributed by atoms with Crippen LogP contribution in [0.1, 0.15) is 29.6 Å². The van der Waals surface area contributed by atoms with Gasteiger partial charge in [0.1, 0.15) is 0 Å². The van der Waals surface area contributed by atoms with E-state index in [1.165, 1.54) is 25.3 Å². The summed E-state index contributed by atoms with van der Waals surface area (Å²) in [6.07, 6.45) is 1.25. The number of nitrogens with one attached hydrogen (secondary N) is 1. The van der Waals surface area contributed by atoms with E-state index in [1.807, 2.05) is 4.90 Å². The third-order valence-corrected chi connectivity index (χ3v) is 5.22. The zero-order valence-electron chi connectivity index (χ0n) is 15.2. The van der Waals surface area contributed by atoms with Crippen molar-refractivity contribution in [2.45, 2.75) is 25.3 Å². The van der Waals surface area contributed by atoms with Crippen molar-refractivity contribution < 1.29 is 18.7 Å². The molecule has 1 amide bonds. The summed E-state index contributed by atoms with van der Waals surface area (Å²) in [5.74, 6) is -0.681. The first kappa shape index (κ1) is 18.8. The van der Waals surface area contributed by atoms with E-state index in [0.717, 1.165) is 45.7 Å². The highest BCUT2D eigenvalue weighted by atomic mass is 19.1. The predicted molar refractivity (Wildman–Crippen MR) is 95.9 cm³/mol. The van der Waals surface area contributed by atoms with Gasteiger partial charge in [0.25, 0.3) is 0 Å². The predicted octanol–water partition coefficient (Wildman–Crippen LogP) is 1.30. The van der Waals surface area contributed by atoms with Crippen LogP contribution in [0.5, 0.6) is 5.75 Å². The Balaban J connectivity index is 1.48. The van der Waals surface area contributed by atoms with Crippen LogP contribution in [0.4, 0.5) is 4.39 Å². The lowest BCUT2D eigenvalue weighted by Gasteiger charge is -2.32. The number of Topliss-reactive ketones (excluding diaryl/α,β-unsaturated/α-hetero) is 1. The van der Waals surface area contributed by atoms with E-state index in [1.54, 1.807) is 0 Å². The molecule has 0 radical (unpaired) electrons. The molecule has 0 saturated carbocycles. The molecule has 2 fully saturated rings. The summed E-state index contributed by atoms with van der Waals surface area (Å²) >= 11 is 0. The fraction of sp³-hybridized carbons (Fsp3) is 0.579. The third-order valence-electron chi connectivity index (χ3n) is 5.22. The van der Waals surface area contributed by atoms with Gasteiger partial charge < -0.3 is 15.0 Å². The number of halogens is 1. The minimum absolute atomic E-state index is 0.00460. The number of ether oxygens (including phenoxy) is 1. The first-order valence-corrected chi connectivity index (χ1v) is 9.18. The van der Waals surface area contributed by atoms with Crippen molar-refractivity contribution >= 4 is 11.7 Å². The number of carbonyl (C=O) groups excluding carboxylic acids is 2. The molecular formula is C19H26FN3O3. The number of hydrogen-bond donors (Lipinski definition) is 1. The summed E-state index contributed by atoms with van der Waals surface area (Å²) in [6.45, 7) is 5.53. The lowest BCUT2D eigenvalue weighted by Crippen LogP contribution is -2.49. The Kier molecular flexibility index (Phi) is 6.21. The molecule has 1 atom stereocenters. The van der Waals surface area contributed by atoms with E-state index < -0.39 is 5.82 Å². The van der Waals surface area contributed by atoms with Crippen LogP contribution < -0.4 is 10.1 Å². The van der Waals surface area contributed by atoms with Gasteiger partial charge in [0.05, 0.1) is 7.11 Å². The molecule has 0 aliphatic carbocycles. The quantitative estimate of drug-likeness (QED) is 0.772. The van der Waals surface area contributed by atoms with E-state index in [0.29, 0.717) is 6.04 Å². The molecule has 1 unspecified atom stereocenters. The van der Waals surface area contributed by atoms with Crippen LogP contribution in [0.3, 0.4) is 0 Å². The Labute approximate surface area is 153 Å². The van der Waals surface area contributed by atoms with Gasteiger partial charge in [-0.1, -0.05) is 0 Å². The number of amides is 1. The van der Waals surface area contributed by atoms with Crippen LogP contribution >= 0.6 is 0 Å². The molecule has 3 rings (SSSR count). The summed E-state index contributed by atoms with van der Waals surface area (Å²) in [7, 11) is 1.38. The van der Waals surface area contributed by atoms with Gasteiger partial charge in [-0.05, 0) is 24.6 Å². The van der Waals surface area contributed by atoms with E-state index in [2.05, 4.69) is 10.2 Å². The molecule has 2 heterocycles. The van der Waals surface area contributed by atoms with Crippen molar-refractivity contribution in [3.63, 3.8) is 0 Å². The molecule has 2 aliphatic heterocycles. The SMILES string of the molecule is COc1ccc(C(=O)CCC(=O)N2CCC(N3CCNCC3)C2)cc1F. The largest absolute Gasteiger partial charge is 0.494 e. The van der Waals surface area contributed by atoms with Gasteiger partial charge in [-0.15, -0.1) is 0 Å². The van der Waals surface area contributed by atoms with Gasteiger partial charge in [-0.25, -0.2) is 4.39 Å². The maximum atomic E-state index is 13.7. The van der Waals surface area contributed by atoms with Crippen LogP contribution in [-0.2, 0) is 4.79 Å². The molecule has 0 bridgehead atoms. The average molecular weight is 363 g/mol. The molecule has 0 spiro atoms. The number of ketones is 1. The number of benzene rings is 1. The van der Waals surface area contributed by atoms with Crippen LogP contribution in [0.25, 0.3) is 0 Å². The molecule has 1 aromatic carbocycles. The van der Waals surface area contributed by atoms with Gasteiger partial charge >= 0.3 is 0 Å². The van der Waals surface area contributed by atoms with Gasteiger partial charge in [-0.2, -0.15) is 0 Å². The Bertz CT molecular complexity index is 661. The van der Waals surface area contributed by atoms with Crippen molar-refractivity contribution in [1.82, 2.24) is 15.1 Å². The first-order valence-electron chi connectivity index (χ1n) is 9.18. The fourth-order valence-corrected chi connectivity index (χ4v) is 3.68. The summed E-state index contributed by atoms with van der Waals surface area (Å²) < 4.78 is 18.6. The maximum absolute atomic E-state index is 13.7. The Morgan fingerprint density at radius 2 is 2.00 bits per heavy atom. The zero-order chi connectivity index (χ0) is 18.5. The molecule has 142 valence electrons. The van der Waals surface area contributed by atoms with Gasteiger partial charge in [0.2, 0.25) is 5.91 Å². The van der Waals surface area contributed by atoms with Crippen LogP contribution in [0.2, 0.25) is 0 Å². The van der Waals surface area contributed by atoms with E-state index >= 15 is 0 Å². The second kappa shape index (κ2) is 8.60. The number of methoxy groups -OCH3 is 1. The Hall–Kier alpha value is -1.99. The summed E-state index contributed by atoms with van der Waals surface area (Å²) in [4.78, 5) is 29.0. The van der Waals surface area contributed by atoms with E-state index in [4.69, 9.17) is 4.74 Å². The average Bonchev–Trinajstić information content (AvgIpc) is 3.17. The molecule has 6 nitrogen and oxygen atoms in total. The number of carbonyl (C=O) groups is 2. The first-order chi connectivity index (χ1) is 12.6. The number of piperazine rings is 1. The molecule has 2 saturated heterocycles. The highest BCUT2D eigenvalue weighted by molar-refractivity contribution is 5.98. The van der Waals surface area contributed by atoms with Crippen molar-refractivity contribution in [3.05, 3.63) is 29.6 Å². The summed E-state index contributed by atoms with van der Waals surface area (Å²) in [5, 5.41) is 3.34. The highest BCUT2D eigenvalue weighted by Crippen LogP contribution is 2.20. The minimum atomic E-state index is -0.567. The monoisotopic (exact) mass is 363 g/mol. The van der Waals surface area contributed by atoms with Crippen molar-refractivity contribution in [3.8, 4) is 5.75 Å². The second-order valence-electron chi connectivity index (χ2n) is 6.84. The van der Waals surface area contributed by atoms with Crippen molar-refractivity contribution in [1.29, 1.82) is 0 Å². The zero-order valence-corrected chi connectivity index (χ0v) is 15.2. The lowest BCUT2D eigenvalue weighted by molar-refractivity contribution is -0.130. The van der Waals surface area contributed by atoms with E-state index in [9.17, 15) is 14.0 Å². The topological polar surface area (TPSA) is 61.9 Å². The van der Waals surface area contributed by atoms with Gasteiger partial charge in [-0.3, -0.25) is 14.5 Å². The molecule has 26 heavy (non-hydrogen) atoms. The van der Waals surface area contributed by atoms with Crippen molar-refractivity contribution in [2.24, 2.45) is 0 Å². The van der Waals surface area contributed by atoms with Crippen LogP contribution in [-0.4, -0.2) is 73.9 Å². The van der Waals surface area contributed by atoms with Gasteiger partial charge in [0, 0.05) is 63.7 Å². The fourth-order valence-electron chi connectivity index (χ4n) is 3.68. The molecule has 7 heteroatoms. The van der Waals surface area contributed by atoms with Crippen molar-refractivity contribution in [2.75, 3.05) is 46.4 Å². The smallest absolute Gasteiger partial charge is 0.223 e. The summed E-state index contributed by atoms with van der Waals surface area (Å²) in [6, 6.07) is 4.56. The molecule has 2 aliphatic rings. The summed E-state index contributed by atoms with van der Waals surface area (Å²) in [5.41, 5.74) is 0.274. The Morgan fingerprint density at radius 1 is 1.23 bits per heavy atom. The second-order valence-corrected chi connectivity index (χ2v) is 6.84. The highest BCUT2D eigenvalue weighted by Gasteiger charge is 2.30. The molecule has 1 N–H and O–H groups in total. The Morgan fingerprint density at radius 3 is 2.69 bits per heavy atom. The van der Waals surface area contributed by atoms with Gasteiger partial charge in [0.15, 0.2) is 17.3 Å². The normalized spacial score (nSPS) is 21.0.